The molecule has 6 N–H and O–H groups in total. The fourth-order valence-corrected chi connectivity index (χ4v) is 1.66. The van der Waals surface area contributed by atoms with Gasteiger partial charge in [-0.2, -0.15) is 0 Å². The van der Waals surface area contributed by atoms with Crippen molar-refractivity contribution in [3.8, 4) is 0 Å². The third-order valence-corrected chi connectivity index (χ3v) is 2.60. The fraction of sp³-hybridized carbons (Fsp3) is 0.857. The molecule has 2 aliphatic heterocycles. The molecule has 0 aromatic carbocycles. The number of hydrogen-bond donors (Lipinski definition) is 5. The molecule has 2 rings (SSSR count). The van der Waals surface area contributed by atoms with Crippen molar-refractivity contribution in [1.29, 1.82) is 0 Å². The average molecular weight is 237 g/mol. The van der Waals surface area contributed by atoms with Crippen LogP contribution in [0.5, 0.6) is 0 Å². The van der Waals surface area contributed by atoms with E-state index in [0.29, 0.717) is 0 Å². The van der Waals surface area contributed by atoms with E-state index >= 15 is 0 Å². The van der Waals surface area contributed by atoms with Gasteiger partial charge in [0.1, 0.15) is 18.3 Å². The van der Waals surface area contributed by atoms with Crippen LogP contribution in [0.4, 0.5) is 4.79 Å². The number of aliphatic hydroxyl groups excluding tert-OH is 3. The number of ether oxygens (including phenoxy) is 3. The molecule has 0 saturated carbocycles. The third kappa shape index (κ3) is 1.24. The van der Waals surface area contributed by atoms with Crippen LogP contribution in [-0.2, 0) is 14.2 Å². The Bertz CT molecular complexity index is 324. The molecule has 2 fully saturated rings. The van der Waals surface area contributed by atoms with Gasteiger partial charge in [-0.05, 0) is 0 Å². The van der Waals surface area contributed by atoms with Crippen LogP contribution in [0.1, 0.15) is 0 Å². The van der Waals surface area contributed by atoms with E-state index in [1.54, 1.807) is 0 Å². The van der Waals surface area contributed by atoms with E-state index in [-0.39, 0.29) is 0 Å². The minimum Gasteiger partial charge on any atom is -0.399 e. The molecular weight excluding hydrogens is 226 g/mol. The number of carbonyl (C=O) groups is 1. The minimum absolute atomic E-state index is 0.714. The predicted octanol–water partition coefficient (Wildman–Crippen LogP) is -3.43. The van der Waals surface area contributed by atoms with E-state index < -0.39 is 42.8 Å². The van der Waals surface area contributed by atoms with Gasteiger partial charge in [-0.1, -0.05) is 0 Å². The van der Waals surface area contributed by atoms with E-state index in [1.807, 2.05) is 0 Å². The summed E-state index contributed by atoms with van der Waals surface area (Å²) in [6.07, 6.45) is -6.21. The summed E-state index contributed by atoms with van der Waals surface area (Å²) in [7, 11) is 0. The molecule has 2 saturated heterocycles. The molecule has 92 valence electrons. The van der Waals surface area contributed by atoms with Gasteiger partial charge in [-0.15, -0.1) is 0 Å². The molecule has 9 nitrogen and oxygen atoms in total. The maximum atomic E-state index is 10.8. The zero-order valence-corrected chi connectivity index (χ0v) is 7.94. The van der Waals surface area contributed by atoms with Crippen molar-refractivity contribution in [2.45, 2.75) is 30.0 Å². The smallest absolute Gasteiger partial charge is 0.399 e. The van der Waals surface area contributed by atoms with Gasteiger partial charge in [0, 0.05) is 0 Å². The standard InChI is InChI=1S/C7H11NO8/c8-6-4(11)3(10)2(1-9)14-7(6,13)16-5(12)15-6/h2-4,9-11,13H,1,8H2/t2-,3-,4+,6+,7-/m1/s1. The topological polar surface area (TPSA) is 152 Å². The van der Waals surface area contributed by atoms with Gasteiger partial charge in [0.05, 0.1) is 6.61 Å². The van der Waals surface area contributed by atoms with Crippen LogP contribution in [0.15, 0.2) is 0 Å². The number of aliphatic hydroxyl groups is 4. The van der Waals surface area contributed by atoms with Gasteiger partial charge in [0.15, 0.2) is 0 Å². The number of carbonyl (C=O) groups excluding carboxylic acids is 1. The van der Waals surface area contributed by atoms with Crippen LogP contribution in [0, 0.1) is 0 Å². The molecule has 0 aliphatic carbocycles. The Morgan fingerprint density at radius 3 is 2.56 bits per heavy atom. The van der Waals surface area contributed by atoms with Crippen LogP contribution in [0.3, 0.4) is 0 Å². The molecular formula is C7H11NO8. The van der Waals surface area contributed by atoms with Crippen molar-refractivity contribution in [3.05, 3.63) is 0 Å². The molecule has 0 spiro atoms. The first-order chi connectivity index (χ1) is 7.34. The first kappa shape index (κ1) is 11.5. The molecule has 0 radical (unpaired) electrons. The Morgan fingerprint density at radius 1 is 1.38 bits per heavy atom. The van der Waals surface area contributed by atoms with Gasteiger partial charge in [-0.3, -0.25) is 5.73 Å². The summed E-state index contributed by atoms with van der Waals surface area (Å²) in [6.45, 7) is -0.714. The van der Waals surface area contributed by atoms with E-state index in [2.05, 4.69) is 9.47 Å². The molecule has 2 heterocycles. The van der Waals surface area contributed by atoms with Crippen molar-refractivity contribution in [3.63, 3.8) is 0 Å². The zero-order chi connectivity index (χ0) is 12.1. The monoisotopic (exact) mass is 237 g/mol. The molecule has 9 heteroatoms. The lowest BCUT2D eigenvalue weighted by Gasteiger charge is -2.45. The Morgan fingerprint density at radius 2 is 2.00 bits per heavy atom. The maximum Gasteiger partial charge on any atom is 0.515 e. The van der Waals surface area contributed by atoms with Crippen LogP contribution < -0.4 is 5.73 Å². The summed E-state index contributed by atoms with van der Waals surface area (Å²) in [5.74, 6) is -2.74. The molecule has 0 unspecified atom stereocenters. The number of nitrogens with two attached hydrogens (primary N) is 1. The Balaban J connectivity index is 2.37. The van der Waals surface area contributed by atoms with E-state index in [1.165, 1.54) is 0 Å². The highest BCUT2D eigenvalue weighted by molar-refractivity contribution is 5.64. The van der Waals surface area contributed by atoms with Gasteiger partial charge in [0.2, 0.25) is 0 Å². The lowest BCUT2D eigenvalue weighted by atomic mass is 9.93. The lowest BCUT2D eigenvalue weighted by molar-refractivity contribution is -0.429. The van der Waals surface area contributed by atoms with Crippen LogP contribution in [-0.4, -0.2) is 63.2 Å². The van der Waals surface area contributed by atoms with Crippen molar-refractivity contribution in [2.24, 2.45) is 5.73 Å². The second-order valence-electron chi connectivity index (χ2n) is 3.60. The zero-order valence-electron chi connectivity index (χ0n) is 7.94. The number of rotatable bonds is 1. The van der Waals surface area contributed by atoms with E-state index in [0.717, 1.165) is 0 Å². The Hall–Kier alpha value is -0.970. The largest absolute Gasteiger partial charge is 0.515 e. The summed E-state index contributed by atoms with van der Waals surface area (Å²) in [6, 6.07) is 0. The summed E-state index contributed by atoms with van der Waals surface area (Å²) in [5.41, 5.74) is 2.97. The van der Waals surface area contributed by atoms with E-state index in [9.17, 15) is 20.1 Å². The second kappa shape index (κ2) is 3.26. The summed E-state index contributed by atoms with van der Waals surface area (Å²) in [5, 5.41) is 37.7. The highest BCUT2D eigenvalue weighted by Crippen LogP contribution is 2.41. The van der Waals surface area contributed by atoms with Crippen molar-refractivity contribution in [1.82, 2.24) is 0 Å². The molecule has 16 heavy (non-hydrogen) atoms. The fourth-order valence-electron chi connectivity index (χ4n) is 1.66. The number of hydrogen-bond acceptors (Lipinski definition) is 9. The highest BCUT2D eigenvalue weighted by atomic mass is 16.9. The third-order valence-electron chi connectivity index (χ3n) is 2.60. The SMILES string of the molecule is N[C@@]12OC(=O)O[C@]1(O)O[C@H](CO)[C@@H](O)[C@@H]2O. The molecule has 0 amide bonds. The van der Waals surface area contributed by atoms with Gasteiger partial charge >= 0.3 is 12.1 Å². The molecule has 0 bridgehead atoms. The molecule has 0 aromatic heterocycles. The summed E-state index contributed by atoms with van der Waals surface area (Å²) in [4.78, 5) is 10.8. The lowest BCUT2D eigenvalue weighted by Crippen LogP contribution is -2.75. The summed E-state index contributed by atoms with van der Waals surface area (Å²) >= 11 is 0. The first-order valence-corrected chi connectivity index (χ1v) is 4.42. The van der Waals surface area contributed by atoms with Crippen LogP contribution in [0.25, 0.3) is 0 Å². The van der Waals surface area contributed by atoms with Gasteiger partial charge in [-0.25, -0.2) is 4.79 Å². The van der Waals surface area contributed by atoms with Crippen molar-refractivity contribution < 1.29 is 39.4 Å². The number of fused-ring (bicyclic) bond motifs is 1. The minimum atomic E-state index is -2.74. The quantitative estimate of drug-likeness (QED) is 0.293. The first-order valence-electron chi connectivity index (χ1n) is 4.42. The predicted molar refractivity (Wildman–Crippen MR) is 43.4 cm³/mol. The highest BCUT2D eigenvalue weighted by Gasteiger charge is 2.72. The Labute approximate surface area is 88.9 Å². The second-order valence-corrected chi connectivity index (χ2v) is 3.60. The molecule has 2 aliphatic rings. The maximum absolute atomic E-state index is 10.8. The van der Waals surface area contributed by atoms with Crippen LogP contribution >= 0.6 is 0 Å². The molecule has 0 aromatic rings. The van der Waals surface area contributed by atoms with Gasteiger partial charge in [0.25, 0.3) is 5.72 Å². The Kier molecular flexibility index (Phi) is 2.35. The van der Waals surface area contributed by atoms with Gasteiger partial charge < -0.3 is 34.6 Å². The van der Waals surface area contributed by atoms with Crippen molar-refractivity contribution in [2.75, 3.05) is 6.61 Å². The average Bonchev–Trinajstić information content (AvgIpc) is 2.44. The molecule has 5 atom stereocenters. The van der Waals surface area contributed by atoms with Crippen molar-refractivity contribution >= 4 is 6.16 Å². The van der Waals surface area contributed by atoms with Crippen LogP contribution in [0.2, 0.25) is 0 Å². The summed E-state index contributed by atoms with van der Waals surface area (Å²) < 4.78 is 13.4. The van der Waals surface area contributed by atoms with E-state index in [4.69, 9.17) is 15.6 Å². The normalized spacial score (nSPS) is 51.8.